The zero-order valence-electron chi connectivity index (χ0n) is 17.4. The molecule has 158 valence electrons. The van der Waals surface area contributed by atoms with Crippen LogP contribution in [0.4, 0.5) is 0 Å². The van der Waals surface area contributed by atoms with Gasteiger partial charge >= 0.3 is 5.97 Å². The molecule has 30 heavy (non-hydrogen) atoms. The molecule has 0 radical (unpaired) electrons. The number of ether oxygens (including phenoxy) is 2. The summed E-state index contributed by atoms with van der Waals surface area (Å²) in [7, 11) is 0. The molecule has 1 aliphatic rings. The van der Waals surface area contributed by atoms with Crippen LogP contribution in [0.1, 0.15) is 49.0 Å². The van der Waals surface area contributed by atoms with Gasteiger partial charge in [0.25, 0.3) is 5.91 Å². The zero-order chi connectivity index (χ0) is 21.5. The number of carbonyl (C=O) groups is 3. The third kappa shape index (κ3) is 5.47. The van der Waals surface area contributed by atoms with Crippen LogP contribution < -0.4 is 4.74 Å². The van der Waals surface area contributed by atoms with Gasteiger partial charge in [0.2, 0.25) is 0 Å². The van der Waals surface area contributed by atoms with Crippen LogP contribution in [0.5, 0.6) is 5.75 Å². The van der Waals surface area contributed by atoms with Crippen molar-refractivity contribution >= 4 is 17.7 Å². The van der Waals surface area contributed by atoms with Crippen molar-refractivity contribution in [3.63, 3.8) is 0 Å². The minimum atomic E-state index is -0.606. The smallest absolute Gasteiger partial charge is 0.344 e. The number of piperidine rings is 1. The highest BCUT2D eigenvalue weighted by Gasteiger charge is 2.29. The highest BCUT2D eigenvalue weighted by Crippen LogP contribution is 2.22. The summed E-state index contributed by atoms with van der Waals surface area (Å²) in [4.78, 5) is 38.6. The molecule has 6 heteroatoms. The van der Waals surface area contributed by atoms with Crippen molar-refractivity contribution in [2.75, 3.05) is 13.2 Å². The van der Waals surface area contributed by atoms with Crippen molar-refractivity contribution in [1.82, 2.24) is 4.90 Å². The van der Waals surface area contributed by atoms with Crippen LogP contribution in [0.25, 0.3) is 0 Å². The number of ketones is 1. The van der Waals surface area contributed by atoms with Crippen molar-refractivity contribution in [3.8, 4) is 5.75 Å². The lowest BCUT2D eigenvalue weighted by molar-refractivity contribution is -0.156. The molecular weight excluding hydrogens is 382 g/mol. The quantitative estimate of drug-likeness (QED) is 0.516. The Bertz CT molecular complexity index is 868. The molecule has 3 rings (SSSR count). The van der Waals surface area contributed by atoms with E-state index >= 15 is 0 Å². The van der Waals surface area contributed by atoms with Crippen LogP contribution >= 0.6 is 0 Å². The van der Waals surface area contributed by atoms with Gasteiger partial charge in [-0.2, -0.15) is 0 Å². The van der Waals surface area contributed by atoms with E-state index in [0.717, 1.165) is 19.3 Å². The largest absolute Gasteiger partial charge is 0.482 e. The molecule has 2 aromatic rings. The lowest BCUT2D eigenvalue weighted by Gasteiger charge is -2.38. The van der Waals surface area contributed by atoms with Crippen molar-refractivity contribution in [2.45, 2.75) is 45.2 Å². The molecule has 0 spiro atoms. The van der Waals surface area contributed by atoms with Crippen LogP contribution in [-0.2, 0) is 14.3 Å². The van der Waals surface area contributed by atoms with E-state index in [2.05, 4.69) is 0 Å². The van der Waals surface area contributed by atoms with Crippen molar-refractivity contribution < 1.29 is 23.9 Å². The number of esters is 1. The average Bonchev–Trinajstić information content (AvgIpc) is 2.76. The highest BCUT2D eigenvalue weighted by molar-refractivity contribution is 6.08. The molecule has 1 aliphatic heterocycles. The third-order valence-electron chi connectivity index (χ3n) is 5.35. The van der Waals surface area contributed by atoms with E-state index in [0.29, 0.717) is 16.9 Å². The van der Waals surface area contributed by atoms with Crippen LogP contribution in [-0.4, -0.2) is 47.9 Å². The standard InChI is InChI=1S/C24H27NO5/c1-17-7-6-8-18(2)25(17)22(26)15-30-23(27)16-29-21-13-11-20(12-14-21)24(28)19-9-4-3-5-10-19/h3-5,9-14,17-18H,6-8,15-16H2,1-2H3/t17-,18+. The Labute approximate surface area is 176 Å². The molecule has 0 N–H and O–H groups in total. The highest BCUT2D eigenvalue weighted by atomic mass is 16.6. The number of nitrogens with zero attached hydrogens (tertiary/aromatic N) is 1. The van der Waals surface area contributed by atoms with Gasteiger partial charge in [0, 0.05) is 23.2 Å². The third-order valence-corrected chi connectivity index (χ3v) is 5.35. The van der Waals surface area contributed by atoms with Gasteiger partial charge in [-0.05, 0) is 57.4 Å². The Kier molecular flexibility index (Phi) is 7.22. The first-order chi connectivity index (χ1) is 14.5. The Morgan fingerprint density at radius 2 is 1.47 bits per heavy atom. The van der Waals surface area contributed by atoms with Crippen LogP contribution in [0.15, 0.2) is 54.6 Å². The van der Waals surface area contributed by atoms with Crippen LogP contribution in [0, 0.1) is 0 Å². The minimum Gasteiger partial charge on any atom is -0.482 e. The summed E-state index contributed by atoms with van der Waals surface area (Å²) < 4.78 is 10.5. The molecule has 1 fully saturated rings. The molecule has 0 unspecified atom stereocenters. The predicted octanol–water partition coefficient (Wildman–Crippen LogP) is 3.63. The first-order valence-electron chi connectivity index (χ1n) is 10.2. The Morgan fingerprint density at radius 3 is 2.10 bits per heavy atom. The van der Waals surface area contributed by atoms with E-state index in [-0.39, 0.29) is 37.0 Å². The summed E-state index contributed by atoms with van der Waals surface area (Å²) in [5.74, 6) is -0.417. The van der Waals surface area contributed by atoms with Crippen LogP contribution in [0.3, 0.4) is 0 Å². The Balaban J connectivity index is 1.45. The molecule has 2 aromatic carbocycles. The summed E-state index contributed by atoms with van der Waals surface area (Å²) in [5, 5.41) is 0. The average molecular weight is 409 g/mol. The molecule has 0 aliphatic carbocycles. The molecule has 0 aromatic heterocycles. The van der Waals surface area contributed by atoms with E-state index in [1.165, 1.54) is 0 Å². The molecule has 6 nitrogen and oxygen atoms in total. The van der Waals surface area contributed by atoms with Gasteiger partial charge in [0.05, 0.1) is 0 Å². The summed E-state index contributed by atoms with van der Waals surface area (Å²) in [6.45, 7) is 3.46. The van der Waals surface area contributed by atoms with Crippen molar-refractivity contribution in [2.24, 2.45) is 0 Å². The van der Waals surface area contributed by atoms with Gasteiger partial charge in [0.1, 0.15) is 5.75 Å². The molecule has 1 heterocycles. The van der Waals surface area contributed by atoms with Crippen LogP contribution in [0.2, 0.25) is 0 Å². The van der Waals surface area contributed by atoms with Gasteiger partial charge < -0.3 is 14.4 Å². The maximum Gasteiger partial charge on any atom is 0.344 e. The molecule has 0 saturated carbocycles. The molecule has 2 atom stereocenters. The summed E-state index contributed by atoms with van der Waals surface area (Å²) >= 11 is 0. The number of benzene rings is 2. The lowest BCUT2D eigenvalue weighted by atomic mass is 9.97. The van der Waals surface area contributed by atoms with Gasteiger partial charge in [-0.1, -0.05) is 30.3 Å². The van der Waals surface area contributed by atoms with Gasteiger partial charge in [-0.25, -0.2) is 4.79 Å². The monoisotopic (exact) mass is 409 g/mol. The second-order valence-electron chi connectivity index (χ2n) is 7.60. The minimum absolute atomic E-state index is 0.0822. The Hall–Kier alpha value is -3.15. The SMILES string of the molecule is C[C@@H]1CCC[C@H](C)N1C(=O)COC(=O)COc1ccc(C(=O)c2ccccc2)cc1. The number of hydrogen-bond donors (Lipinski definition) is 0. The predicted molar refractivity (Wildman–Crippen MR) is 112 cm³/mol. The zero-order valence-corrected chi connectivity index (χ0v) is 17.4. The molecule has 0 bridgehead atoms. The summed E-state index contributed by atoms with van der Waals surface area (Å²) in [6.07, 6.45) is 3.04. The number of amides is 1. The molecule has 1 amide bonds. The summed E-state index contributed by atoms with van der Waals surface area (Å²) in [5.41, 5.74) is 1.14. The van der Waals surface area contributed by atoms with E-state index in [4.69, 9.17) is 9.47 Å². The number of rotatable bonds is 7. The summed E-state index contributed by atoms with van der Waals surface area (Å²) in [6, 6.07) is 15.9. The number of likely N-dealkylation sites (tertiary alicyclic amines) is 1. The van der Waals surface area contributed by atoms with E-state index in [1.54, 1.807) is 41.3 Å². The number of carbonyl (C=O) groups excluding carboxylic acids is 3. The maximum atomic E-state index is 12.4. The van der Waals surface area contributed by atoms with E-state index < -0.39 is 5.97 Å². The normalized spacial score (nSPS) is 18.5. The fraction of sp³-hybridized carbons (Fsp3) is 0.375. The topological polar surface area (TPSA) is 72.9 Å². The molecule has 1 saturated heterocycles. The fourth-order valence-corrected chi connectivity index (χ4v) is 3.77. The maximum absolute atomic E-state index is 12.4. The van der Waals surface area contributed by atoms with Crippen molar-refractivity contribution in [3.05, 3.63) is 65.7 Å². The van der Waals surface area contributed by atoms with Gasteiger partial charge in [0.15, 0.2) is 19.0 Å². The Morgan fingerprint density at radius 1 is 0.867 bits per heavy atom. The first-order valence-corrected chi connectivity index (χ1v) is 10.2. The lowest BCUT2D eigenvalue weighted by Crippen LogP contribution is -2.49. The number of hydrogen-bond acceptors (Lipinski definition) is 5. The van der Waals surface area contributed by atoms with Gasteiger partial charge in [-0.15, -0.1) is 0 Å². The fourth-order valence-electron chi connectivity index (χ4n) is 3.77. The second-order valence-corrected chi connectivity index (χ2v) is 7.60. The second kappa shape index (κ2) is 10.1. The van der Waals surface area contributed by atoms with Gasteiger partial charge in [-0.3, -0.25) is 9.59 Å². The van der Waals surface area contributed by atoms with E-state index in [1.807, 2.05) is 32.0 Å². The van der Waals surface area contributed by atoms with E-state index in [9.17, 15) is 14.4 Å². The first kappa shape index (κ1) is 21.6. The van der Waals surface area contributed by atoms with Crippen molar-refractivity contribution in [1.29, 1.82) is 0 Å². The molecular formula is C24H27NO5.